The molecule has 0 aliphatic carbocycles. The molecule has 0 heterocycles. The smallest absolute Gasteiger partial charge is 0.286 e. The molecule has 0 atom stereocenters. The third kappa shape index (κ3) is 9.01. The Morgan fingerprint density at radius 1 is 1.13 bits per heavy atom. The number of nitrogens with zero attached hydrogens (tertiary/aromatic N) is 1. The number of carbonyl (C=O) groups excluding carboxylic acids is 2. The van der Waals surface area contributed by atoms with Gasteiger partial charge in [-0.1, -0.05) is 6.42 Å². The second-order valence-corrected chi connectivity index (χ2v) is 3.18. The van der Waals surface area contributed by atoms with Crippen molar-refractivity contribution in [3.63, 3.8) is 0 Å². The maximum absolute atomic E-state index is 10.9. The molecule has 0 saturated heterocycles. The number of nitrogens with two attached hydrogens (primary N) is 1. The van der Waals surface area contributed by atoms with E-state index >= 15 is 0 Å². The van der Waals surface area contributed by atoms with E-state index < -0.39 is 5.91 Å². The molecule has 0 aromatic carbocycles. The van der Waals surface area contributed by atoms with Crippen LogP contribution in [0, 0.1) is 4.91 Å². The number of rotatable bonds is 8. The van der Waals surface area contributed by atoms with Crippen LogP contribution in [0.25, 0.3) is 0 Å². The van der Waals surface area contributed by atoms with E-state index in [1.54, 1.807) is 0 Å². The molecule has 0 aliphatic heterocycles. The maximum atomic E-state index is 10.9. The lowest BCUT2D eigenvalue weighted by atomic mass is 10.2. The van der Waals surface area contributed by atoms with Crippen LogP contribution in [-0.2, 0) is 9.59 Å². The number of carbonyl (C=O) groups is 2. The van der Waals surface area contributed by atoms with Crippen LogP contribution < -0.4 is 11.1 Å². The van der Waals surface area contributed by atoms with Gasteiger partial charge in [0.2, 0.25) is 5.91 Å². The minimum absolute atomic E-state index is 0.0527. The monoisotopic (exact) mass is 215 g/mol. The molecule has 0 unspecified atom stereocenters. The molecule has 0 rings (SSSR count). The summed E-state index contributed by atoms with van der Waals surface area (Å²) < 4.78 is 0. The highest BCUT2D eigenvalue weighted by atomic mass is 16.3. The summed E-state index contributed by atoms with van der Waals surface area (Å²) in [7, 11) is 0. The zero-order valence-electron chi connectivity index (χ0n) is 8.70. The van der Waals surface area contributed by atoms with Crippen LogP contribution in [0.3, 0.4) is 0 Å². The summed E-state index contributed by atoms with van der Waals surface area (Å²) in [5.41, 5.74) is 5.19. The number of amides is 2. The molecule has 0 aliphatic rings. The molecule has 2 amide bonds. The first-order valence-electron chi connectivity index (χ1n) is 5.03. The van der Waals surface area contributed by atoms with E-state index in [4.69, 9.17) is 5.73 Å². The molecule has 0 saturated carbocycles. The predicted molar refractivity (Wildman–Crippen MR) is 56.0 cm³/mol. The van der Waals surface area contributed by atoms with Crippen LogP contribution in [0.4, 0.5) is 0 Å². The van der Waals surface area contributed by atoms with Gasteiger partial charge in [0.05, 0.1) is 0 Å². The Hall–Kier alpha value is -1.30. The Labute approximate surface area is 88.6 Å². The summed E-state index contributed by atoms with van der Waals surface area (Å²) in [6.45, 7) is 0.937. The predicted octanol–water partition coefficient (Wildman–Crippen LogP) is 0.305. The first-order chi connectivity index (χ1) is 7.20. The van der Waals surface area contributed by atoms with Crippen molar-refractivity contribution in [1.82, 2.24) is 5.32 Å². The van der Waals surface area contributed by atoms with E-state index in [9.17, 15) is 14.5 Å². The van der Waals surface area contributed by atoms with E-state index in [0.717, 1.165) is 12.8 Å². The minimum atomic E-state index is -0.609. The van der Waals surface area contributed by atoms with Crippen LogP contribution in [0.1, 0.15) is 32.1 Å². The maximum Gasteiger partial charge on any atom is 0.286 e. The SMILES string of the molecule is NCCC(=O)NCCCCCC(=O)N=O. The van der Waals surface area contributed by atoms with Crippen molar-refractivity contribution in [3.05, 3.63) is 4.91 Å². The van der Waals surface area contributed by atoms with E-state index in [0.29, 0.717) is 25.9 Å². The van der Waals surface area contributed by atoms with Crippen molar-refractivity contribution in [2.24, 2.45) is 10.9 Å². The lowest BCUT2D eigenvalue weighted by molar-refractivity contribution is -0.121. The Kier molecular flexibility index (Phi) is 8.46. The first kappa shape index (κ1) is 13.7. The Morgan fingerprint density at radius 3 is 2.47 bits per heavy atom. The molecule has 6 heteroatoms. The van der Waals surface area contributed by atoms with E-state index in [1.807, 2.05) is 0 Å². The van der Waals surface area contributed by atoms with E-state index in [1.165, 1.54) is 0 Å². The van der Waals surface area contributed by atoms with Gasteiger partial charge in [-0.3, -0.25) is 9.59 Å². The number of nitrogens with one attached hydrogen (secondary N) is 1. The fourth-order valence-corrected chi connectivity index (χ4v) is 1.07. The quantitative estimate of drug-likeness (QED) is 0.449. The molecule has 0 aromatic heterocycles. The number of hydrogen-bond donors (Lipinski definition) is 2. The zero-order valence-corrected chi connectivity index (χ0v) is 8.70. The molecule has 3 N–H and O–H groups in total. The van der Waals surface area contributed by atoms with Crippen molar-refractivity contribution >= 4 is 11.8 Å². The van der Waals surface area contributed by atoms with Gasteiger partial charge in [0.1, 0.15) is 0 Å². The molecule has 6 nitrogen and oxygen atoms in total. The van der Waals surface area contributed by atoms with Crippen molar-refractivity contribution in [3.8, 4) is 0 Å². The standard InChI is InChI=1S/C9H17N3O3/c10-6-5-8(13)11-7-3-1-2-4-9(14)12-15/h1-7,10H2,(H,11,13). The van der Waals surface area contributed by atoms with Gasteiger partial charge in [-0.2, -0.15) is 0 Å². The summed E-state index contributed by atoms with van der Waals surface area (Å²) in [5.74, 6) is -0.662. The largest absolute Gasteiger partial charge is 0.356 e. The molecule has 0 radical (unpaired) electrons. The summed E-state index contributed by atoms with van der Waals surface area (Å²) in [4.78, 5) is 31.1. The number of nitroso groups, excluding NO2 is 1. The summed E-state index contributed by atoms with van der Waals surface area (Å²) in [6, 6.07) is 0. The summed E-state index contributed by atoms with van der Waals surface area (Å²) >= 11 is 0. The number of hydrogen-bond acceptors (Lipinski definition) is 4. The van der Waals surface area contributed by atoms with Crippen LogP contribution in [0.5, 0.6) is 0 Å². The fraction of sp³-hybridized carbons (Fsp3) is 0.778. The molecule has 0 aromatic rings. The average Bonchev–Trinajstić information content (AvgIpc) is 2.23. The van der Waals surface area contributed by atoms with E-state index in [-0.39, 0.29) is 12.3 Å². The van der Waals surface area contributed by atoms with Crippen molar-refractivity contribution in [2.45, 2.75) is 32.1 Å². The third-order valence-electron chi connectivity index (χ3n) is 1.86. The van der Waals surface area contributed by atoms with E-state index in [2.05, 4.69) is 10.5 Å². The van der Waals surface area contributed by atoms with Gasteiger partial charge >= 0.3 is 0 Å². The Morgan fingerprint density at radius 2 is 1.87 bits per heavy atom. The van der Waals surface area contributed by atoms with Crippen LogP contribution in [0.2, 0.25) is 0 Å². The van der Waals surface area contributed by atoms with Gasteiger partial charge in [-0.05, 0) is 12.8 Å². The highest BCUT2D eigenvalue weighted by molar-refractivity contribution is 5.76. The van der Waals surface area contributed by atoms with Gasteiger partial charge < -0.3 is 11.1 Å². The second kappa shape index (κ2) is 9.26. The summed E-state index contributed by atoms with van der Waals surface area (Å²) in [6.07, 6.45) is 2.76. The first-order valence-corrected chi connectivity index (χ1v) is 5.03. The van der Waals surface area contributed by atoms with Gasteiger partial charge in [0.25, 0.3) is 5.91 Å². The zero-order chi connectivity index (χ0) is 11.5. The van der Waals surface area contributed by atoms with Crippen LogP contribution in [0.15, 0.2) is 5.18 Å². The fourth-order valence-electron chi connectivity index (χ4n) is 1.07. The van der Waals surface area contributed by atoms with Crippen LogP contribution >= 0.6 is 0 Å². The van der Waals surface area contributed by atoms with Crippen LogP contribution in [-0.4, -0.2) is 24.9 Å². The molecule has 0 bridgehead atoms. The van der Waals surface area contributed by atoms with Crippen molar-refractivity contribution in [1.29, 1.82) is 0 Å². The number of unbranched alkanes of at least 4 members (excludes halogenated alkanes) is 2. The molecule has 86 valence electrons. The topological polar surface area (TPSA) is 102 Å². The molecular weight excluding hydrogens is 198 g/mol. The molecular formula is C9H17N3O3. The van der Waals surface area contributed by atoms with Gasteiger partial charge in [-0.15, -0.1) is 4.91 Å². The van der Waals surface area contributed by atoms with Gasteiger partial charge in [0.15, 0.2) is 0 Å². The van der Waals surface area contributed by atoms with Gasteiger partial charge in [-0.25, -0.2) is 0 Å². The lowest BCUT2D eigenvalue weighted by Gasteiger charge is -2.02. The average molecular weight is 215 g/mol. The lowest BCUT2D eigenvalue weighted by Crippen LogP contribution is -2.26. The molecule has 0 fully saturated rings. The normalized spacial score (nSPS) is 9.67. The highest BCUT2D eigenvalue weighted by Gasteiger charge is 2.00. The van der Waals surface area contributed by atoms with Crippen molar-refractivity contribution in [2.75, 3.05) is 13.1 Å². The van der Waals surface area contributed by atoms with Crippen molar-refractivity contribution < 1.29 is 9.59 Å². The van der Waals surface area contributed by atoms with Gasteiger partial charge in [0, 0.05) is 31.1 Å². The minimum Gasteiger partial charge on any atom is -0.356 e. The summed E-state index contributed by atoms with van der Waals surface area (Å²) in [5, 5.41) is 4.98. The molecule has 15 heavy (non-hydrogen) atoms. The third-order valence-corrected chi connectivity index (χ3v) is 1.86. The molecule has 0 spiro atoms. The Bertz CT molecular complexity index is 219. The highest BCUT2D eigenvalue weighted by Crippen LogP contribution is 2.00. The second-order valence-electron chi connectivity index (χ2n) is 3.18. The Balaban J connectivity index is 3.21.